The number of aromatic hydroxyl groups is 1. The Balaban J connectivity index is 2.41. The van der Waals surface area contributed by atoms with Crippen molar-refractivity contribution in [2.45, 2.75) is 12.6 Å². The first kappa shape index (κ1) is 7.85. The predicted molar refractivity (Wildman–Crippen MR) is 45.2 cm³/mol. The van der Waals surface area contributed by atoms with E-state index in [9.17, 15) is 0 Å². The number of nitrogens with zero attached hydrogens (tertiary/aromatic N) is 4. The molecule has 0 fully saturated rings. The molecule has 2 rings (SSSR count). The molecule has 0 atom stereocenters. The van der Waals surface area contributed by atoms with Gasteiger partial charge < -0.3 is 5.11 Å². The molecule has 1 aliphatic rings. The van der Waals surface area contributed by atoms with Crippen LogP contribution in [0.2, 0.25) is 0 Å². The van der Waals surface area contributed by atoms with Crippen molar-refractivity contribution < 1.29 is 5.11 Å². The Morgan fingerprint density at radius 3 is 2.15 bits per heavy atom. The monoisotopic (exact) mass is 176 g/mol. The summed E-state index contributed by atoms with van der Waals surface area (Å²) in [6.45, 7) is 1.80. The third-order valence-corrected chi connectivity index (χ3v) is 1.93. The molecule has 5 heteroatoms. The Labute approximate surface area is 74.8 Å². The van der Waals surface area contributed by atoms with Crippen molar-refractivity contribution in [2.24, 2.45) is 20.7 Å². The van der Waals surface area contributed by atoms with Gasteiger partial charge in [-0.05, 0) is 29.5 Å². The molecular weight excluding hydrogens is 168 g/mol. The van der Waals surface area contributed by atoms with Gasteiger partial charge in [0.15, 0.2) is 0 Å². The van der Waals surface area contributed by atoms with Gasteiger partial charge in [0.1, 0.15) is 5.75 Å². The lowest BCUT2D eigenvalue weighted by molar-refractivity contribution is 0.472. The Hall–Kier alpha value is -1.78. The summed E-state index contributed by atoms with van der Waals surface area (Å²) in [7, 11) is 0. The van der Waals surface area contributed by atoms with Crippen molar-refractivity contribution in [2.75, 3.05) is 0 Å². The molecule has 0 bridgehead atoms. The lowest BCUT2D eigenvalue weighted by atomic mass is 10.0. The van der Waals surface area contributed by atoms with Crippen LogP contribution in [0.15, 0.2) is 44.9 Å². The fourth-order valence-corrected chi connectivity index (χ4v) is 1.13. The summed E-state index contributed by atoms with van der Waals surface area (Å²) in [5.41, 5.74) is 0.142. The highest BCUT2D eigenvalue weighted by molar-refractivity contribution is 5.30. The second-order valence-electron chi connectivity index (χ2n) is 2.95. The topological polar surface area (TPSA) is 69.7 Å². The Bertz CT molecular complexity index is 356. The van der Waals surface area contributed by atoms with E-state index in [0.717, 1.165) is 5.56 Å². The number of phenolic OH excluding ortho intramolecular Hbond substituents is 1. The van der Waals surface area contributed by atoms with Gasteiger partial charge in [-0.3, -0.25) is 0 Å². The van der Waals surface area contributed by atoms with Gasteiger partial charge >= 0.3 is 0 Å². The first-order valence-electron chi connectivity index (χ1n) is 3.84. The van der Waals surface area contributed by atoms with E-state index in [4.69, 9.17) is 5.11 Å². The first-order chi connectivity index (χ1) is 6.21. The molecule has 1 aliphatic heterocycles. The highest BCUT2D eigenvalue weighted by atomic mass is 16.3. The minimum absolute atomic E-state index is 0.222. The first-order valence-corrected chi connectivity index (χ1v) is 3.84. The molecule has 66 valence electrons. The SMILES string of the molecule is CC1(c2ccc(O)cc2)N=NN=N1. The quantitative estimate of drug-likeness (QED) is 0.701. The Kier molecular flexibility index (Phi) is 1.58. The second kappa shape index (κ2) is 2.62. The molecule has 1 aromatic rings. The van der Waals surface area contributed by atoms with Gasteiger partial charge in [-0.25, -0.2) is 0 Å². The molecule has 0 spiro atoms. The summed E-state index contributed by atoms with van der Waals surface area (Å²) >= 11 is 0. The van der Waals surface area contributed by atoms with Gasteiger partial charge in [-0.15, -0.1) is 10.2 Å². The smallest absolute Gasteiger partial charge is 0.217 e. The molecule has 0 radical (unpaired) electrons. The molecule has 0 aromatic heterocycles. The molecule has 0 saturated carbocycles. The lowest BCUT2D eigenvalue weighted by Crippen LogP contribution is -2.12. The van der Waals surface area contributed by atoms with Crippen LogP contribution in [0.1, 0.15) is 12.5 Å². The zero-order chi connectivity index (χ0) is 9.31. The standard InChI is InChI=1S/C8H8N4O/c1-8(9-11-12-10-8)6-2-4-7(13)5-3-6/h2-5,13H,1H3. The van der Waals surface area contributed by atoms with Gasteiger partial charge in [0.2, 0.25) is 5.66 Å². The molecule has 1 N–H and O–H groups in total. The van der Waals surface area contributed by atoms with Crippen LogP contribution in [0.5, 0.6) is 5.75 Å². The molecule has 0 aliphatic carbocycles. The van der Waals surface area contributed by atoms with E-state index in [0.29, 0.717) is 0 Å². The van der Waals surface area contributed by atoms with E-state index in [-0.39, 0.29) is 5.75 Å². The van der Waals surface area contributed by atoms with Crippen LogP contribution in [0.4, 0.5) is 0 Å². The summed E-state index contributed by atoms with van der Waals surface area (Å²) in [5, 5.41) is 23.7. The van der Waals surface area contributed by atoms with Crippen molar-refractivity contribution >= 4 is 0 Å². The second-order valence-corrected chi connectivity index (χ2v) is 2.95. The van der Waals surface area contributed by atoms with Gasteiger partial charge in [0, 0.05) is 5.56 Å². The minimum atomic E-state index is -0.715. The van der Waals surface area contributed by atoms with Gasteiger partial charge in [-0.2, -0.15) is 0 Å². The maximum absolute atomic E-state index is 9.08. The highest BCUT2D eigenvalue weighted by Gasteiger charge is 2.28. The van der Waals surface area contributed by atoms with Crippen molar-refractivity contribution in [3.8, 4) is 5.75 Å². The van der Waals surface area contributed by atoms with E-state index in [1.54, 1.807) is 31.2 Å². The molecule has 1 aromatic carbocycles. The molecule has 5 nitrogen and oxygen atoms in total. The molecule has 0 unspecified atom stereocenters. The minimum Gasteiger partial charge on any atom is -0.508 e. The average Bonchev–Trinajstić information content (AvgIpc) is 2.54. The zero-order valence-corrected chi connectivity index (χ0v) is 7.05. The predicted octanol–water partition coefficient (Wildman–Crippen LogP) is 2.40. The summed E-state index contributed by atoms with van der Waals surface area (Å²) in [6.07, 6.45) is 0. The van der Waals surface area contributed by atoms with Gasteiger partial charge in [0.05, 0.1) is 0 Å². The average molecular weight is 176 g/mol. The lowest BCUT2D eigenvalue weighted by Gasteiger charge is -2.13. The molecule has 0 saturated heterocycles. The summed E-state index contributed by atoms with van der Waals surface area (Å²) in [4.78, 5) is 0. The number of hydrogen-bond donors (Lipinski definition) is 1. The van der Waals surface area contributed by atoms with Crippen LogP contribution in [0.25, 0.3) is 0 Å². The summed E-state index contributed by atoms with van der Waals surface area (Å²) in [6, 6.07) is 6.67. The number of phenols is 1. The normalized spacial score (nSPS) is 17.9. The molecular formula is C8H8N4O. The van der Waals surface area contributed by atoms with E-state index in [2.05, 4.69) is 20.7 Å². The van der Waals surface area contributed by atoms with E-state index < -0.39 is 5.66 Å². The van der Waals surface area contributed by atoms with Gasteiger partial charge in [-0.1, -0.05) is 12.1 Å². The maximum atomic E-state index is 9.08. The Morgan fingerprint density at radius 2 is 1.62 bits per heavy atom. The molecule has 13 heavy (non-hydrogen) atoms. The fraction of sp³-hybridized carbons (Fsp3) is 0.250. The van der Waals surface area contributed by atoms with E-state index >= 15 is 0 Å². The molecule has 1 heterocycles. The van der Waals surface area contributed by atoms with E-state index in [1.165, 1.54) is 0 Å². The van der Waals surface area contributed by atoms with Crippen LogP contribution >= 0.6 is 0 Å². The van der Waals surface area contributed by atoms with Crippen molar-refractivity contribution in [1.29, 1.82) is 0 Å². The van der Waals surface area contributed by atoms with Crippen molar-refractivity contribution in [3.63, 3.8) is 0 Å². The molecule has 0 amide bonds. The summed E-state index contributed by atoms with van der Waals surface area (Å²) < 4.78 is 0. The Morgan fingerprint density at radius 1 is 1.08 bits per heavy atom. The summed E-state index contributed by atoms with van der Waals surface area (Å²) in [5.74, 6) is 0.222. The largest absolute Gasteiger partial charge is 0.508 e. The fourth-order valence-electron chi connectivity index (χ4n) is 1.13. The van der Waals surface area contributed by atoms with Crippen LogP contribution in [-0.4, -0.2) is 5.11 Å². The number of rotatable bonds is 1. The van der Waals surface area contributed by atoms with Crippen LogP contribution in [0.3, 0.4) is 0 Å². The number of benzene rings is 1. The van der Waals surface area contributed by atoms with Gasteiger partial charge in [0.25, 0.3) is 0 Å². The number of hydrogen-bond acceptors (Lipinski definition) is 5. The zero-order valence-electron chi connectivity index (χ0n) is 7.05. The maximum Gasteiger partial charge on any atom is 0.217 e. The van der Waals surface area contributed by atoms with Crippen LogP contribution < -0.4 is 0 Å². The van der Waals surface area contributed by atoms with Crippen LogP contribution in [-0.2, 0) is 5.66 Å². The third kappa shape index (κ3) is 1.28. The van der Waals surface area contributed by atoms with Crippen LogP contribution in [0, 0.1) is 0 Å². The third-order valence-electron chi connectivity index (χ3n) is 1.93. The van der Waals surface area contributed by atoms with Crippen molar-refractivity contribution in [1.82, 2.24) is 0 Å². The van der Waals surface area contributed by atoms with E-state index in [1.807, 2.05) is 0 Å². The van der Waals surface area contributed by atoms with Crippen molar-refractivity contribution in [3.05, 3.63) is 29.8 Å². The highest BCUT2D eigenvalue weighted by Crippen LogP contribution is 2.31.